The maximum Gasteiger partial charge on any atom is 0.267 e. The van der Waals surface area contributed by atoms with Crippen LogP contribution in [0.15, 0.2) is 35.1 Å². The van der Waals surface area contributed by atoms with Crippen molar-refractivity contribution in [2.75, 3.05) is 7.11 Å². The monoisotopic (exact) mass is 361 g/mol. The number of carbonyl (C=O) groups is 1. The average Bonchev–Trinajstić information content (AvgIpc) is 2.63. The quantitative estimate of drug-likeness (QED) is 0.785. The molecule has 0 spiro atoms. The van der Waals surface area contributed by atoms with E-state index >= 15 is 0 Å². The molecule has 0 radical (unpaired) electrons. The van der Waals surface area contributed by atoms with Crippen molar-refractivity contribution >= 4 is 5.91 Å². The van der Waals surface area contributed by atoms with E-state index in [0.717, 1.165) is 23.9 Å². The minimum absolute atomic E-state index is 0.0745. The first-order chi connectivity index (χ1) is 12.5. The van der Waals surface area contributed by atoms with Gasteiger partial charge in [0.15, 0.2) is 0 Å². The normalized spacial score (nSPS) is 11.8. The molecule has 0 aliphatic rings. The third-order valence-corrected chi connectivity index (χ3v) is 4.11. The summed E-state index contributed by atoms with van der Waals surface area (Å²) >= 11 is 0. The lowest BCUT2D eigenvalue weighted by Crippen LogP contribution is -2.39. The van der Waals surface area contributed by atoms with Gasteiger partial charge >= 0.3 is 0 Å². The lowest BCUT2D eigenvalue weighted by Gasteiger charge is -2.16. The minimum Gasteiger partial charge on any atom is -0.497 e. The van der Waals surface area contributed by atoms with Crippen LogP contribution in [-0.2, 0) is 11.3 Å². The van der Waals surface area contributed by atoms with Gasteiger partial charge < -0.3 is 10.1 Å². The summed E-state index contributed by atoms with van der Waals surface area (Å²) in [5.74, 6) is -0.409. The van der Waals surface area contributed by atoms with E-state index < -0.39 is 11.4 Å². The van der Waals surface area contributed by atoms with Crippen LogP contribution in [0.1, 0.15) is 33.1 Å². The number of amides is 1. The van der Waals surface area contributed by atoms with Crippen LogP contribution in [-0.4, -0.2) is 28.8 Å². The van der Waals surface area contributed by atoms with Gasteiger partial charge in [0.2, 0.25) is 5.91 Å². The third-order valence-electron chi connectivity index (χ3n) is 4.11. The molecule has 1 heterocycles. The number of ether oxygens (including phenoxy) is 1. The molecular weight excluding hydrogens is 337 g/mol. The number of benzene rings is 1. The molecule has 2 rings (SSSR count). The molecule has 0 aliphatic heterocycles. The van der Waals surface area contributed by atoms with E-state index in [0.29, 0.717) is 5.75 Å². The predicted molar refractivity (Wildman–Crippen MR) is 97.6 cm³/mol. The highest BCUT2D eigenvalue weighted by atomic mass is 19.1. The topological polar surface area (TPSA) is 73.2 Å². The Bertz CT molecular complexity index is 820. The summed E-state index contributed by atoms with van der Waals surface area (Å²) in [5.41, 5.74) is 0.0943. The van der Waals surface area contributed by atoms with E-state index in [1.165, 1.54) is 31.4 Å². The number of hydrogen-bond acceptors (Lipinski definition) is 4. The number of hydrogen-bond donors (Lipinski definition) is 1. The van der Waals surface area contributed by atoms with Gasteiger partial charge in [-0.2, -0.15) is 5.10 Å². The lowest BCUT2D eigenvalue weighted by molar-refractivity contribution is -0.122. The van der Waals surface area contributed by atoms with E-state index in [9.17, 15) is 14.0 Å². The maximum atomic E-state index is 14.2. The predicted octanol–water partition coefficient (Wildman–Crippen LogP) is 2.75. The molecule has 0 bridgehead atoms. The zero-order valence-corrected chi connectivity index (χ0v) is 15.3. The fourth-order valence-corrected chi connectivity index (χ4v) is 2.67. The fourth-order valence-electron chi connectivity index (χ4n) is 2.67. The molecule has 1 aromatic carbocycles. The van der Waals surface area contributed by atoms with Gasteiger partial charge in [0.05, 0.1) is 12.8 Å². The Morgan fingerprint density at radius 1 is 1.31 bits per heavy atom. The Labute approximate surface area is 152 Å². The number of methoxy groups -OCH3 is 1. The van der Waals surface area contributed by atoms with E-state index in [1.54, 1.807) is 6.07 Å². The van der Waals surface area contributed by atoms with Gasteiger partial charge in [-0.15, -0.1) is 0 Å². The molecule has 26 heavy (non-hydrogen) atoms. The molecule has 6 nitrogen and oxygen atoms in total. The molecule has 2 aromatic rings. The van der Waals surface area contributed by atoms with E-state index in [1.807, 2.05) is 13.8 Å². The highest BCUT2D eigenvalue weighted by Crippen LogP contribution is 2.23. The lowest BCUT2D eigenvalue weighted by atomic mass is 10.1. The highest BCUT2D eigenvalue weighted by Gasteiger charge is 2.13. The van der Waals surface area contributed by atoms with Crippen molar-refractivity contribution in [3.63, 3.8) is 0 Å². The van der Waals surface area contributed by atoms with Gasteiger partial charge in [0, 0.05) is 23.7 Å². The molecule has 0 saturated carbocycles. The van der Waals surface area contributed by atoms with E-state index in [-0.39, 0.29) is 29.8 Å². The second kappa shape index (κ2) is 9.12. The summed E-state index contributed by atoms with van der Waals surface area (Å²) in [7, 11) is 1.45. The first-order valence-corrected chi connectivity index (χ1v) is 8.69. The largest absolute Gasteiger partial charge is 0.497 e. The Kier molecular flexibility index (Phi) is 6.89. The molecule has 1 amide bonds. The van der Waals surface area contributed by atoms with Gasteiger partial charge in [-0.25, -0.2) is 9.07 Å². The molecule has 1 aromatic heterocycles. The Morgan fingerprint density at radius 2 is 2.08 bits per heavy atom. The summed E-state index contributed by atoms with van der Waals surface area (Å²) in [5, 5.41) is 7.04. The number of nitrogens with one attached hydrogen (secondary N) is 1. The summed E-state index contributed by atoms with van der Waals surface area (Å²) in [6.45, 7) is 3.84. The minimum atomic E-state index is -0.513. The Morgan fingerprint density at radius 3 is 2.69 bits per heavy atom. The van der Waals surface area contributed by atoms with Crippen molar-refractivity contribution in [3.8, 4) is 17.0 Å². The molecule has 7 heteroatoms. The van der Waals surface area contributed by atoms with Crippen LogP contribution in [0.2, 0.25) is 0 Å². The van der Waals surface area contributed by atoms with Gasteiger partial charge in [-0.1, -0.05) is 20.3 Å². The summed E-state index contributed by atoms with van der Waals surface area (Å²) in [6, 6.07) is 7.18. The molecule has 1 atom stereocenters. The van der Waals surface area contributed by atoms with Crippen molar-refractivity contribution in [3.05, 3.63) is 46.5 Å². The van der Waals surface area contributed by atoms with Crippen molar-refractivity contribution in [1.82, 2.24) is 15.1 Å². The van der Waals surface area contributed by atoms with Crippen molar-refractivity contribution in [2.24, 2.45) is 0 Å². The molecular formula is C19H24FN3O3. The number of carbonyl (C=O) groups excluding carboxylic acids is 1. The highest BCUT2D eigenvalue weighted by molar-refractivity contribution is 5.76. The fraction of sp³-hybridized carbons (Fsp3) is 0.421. The SMILES string of the molecule is CCCC(CC)NC(=O)Cn1nc(-c2ccc(OC)cc2F)ccc1=O. The van der Waals surface area contributed by atoms with Crippen LogP contribution >= 0.6 is 0 Å². The Balaban J connectivity index is 2.22. The molecule has 0 fully saturated rings. The van der Waals surface area contributed by atoms with Gasteiger partial charge in [-0.05, 0) is 31.0 Å². The van der Waals surface area contributed by atoms with E-state index in [2.05, 4.69) is 10.4 Å². The second-order valence-corrected chi connectivity index (χ2v) is 6.02. The number of aromatic nitrogens is 2. The number of nitrogens with zero attached hydrogens (tertiary/aromatic N) is 2. The van der Waals surface area contributed by atoms with Crippen LogP contribution in [0, 0.1) is 5.82 Å². The average molecular weight is 361 g/mol. The number of rotatable bonds is 8. The van der Waals surface area contributed by atoms with Crippen LogP contribution in [0.25, 0.3) is 11.3 Å². The van der Waals surface area contributed by atoms with Crippen LogP contribution < -0.4 is 15.6 Å². The first kappa shape index (κ1) is 19.6. The molecule has 1 unspecified atom stereocenters. The molecule has 0 aliphatic carbocycles. The van der Waals surface area contributed by atoms with Crippen LogP contribution in [0.4, 0.5) is 4.39 Å². The summed E-state index contributed by atoms with van der Waals surface area (Å²) < 4.78 is 20.3. The van der Waals surface area contributed by atoms with Gasteiger partial charge in [0.25, 0.3) is 5.56 Å². The smallest absolute Gasteiger partial charge is 0.267 e. The van der Waals surface area contributed by atoms with Gasteiger partial charge in [0.1, 0.15) is 18.1 Å². The Hall–Kier alpha value is -2.70. The zero-order valence-electron chi connectivity index (χ0n) is 15.3. The molecule has 1 N–H and O–H groups in total. The zero-order chi connectivity index (χ0) is 19.1. The van der Waals surface area contributed by atoms with E-state index in [4.69, 9.17) is 4.74 Å². The molecule has 0 saturated heterocycles. The van der Waals surface area contributed by atoms with Crippen molar-refractivity contribution < 1.29 is 13.9 Å². The third kappa shape index (κ3) is 4.91. The standard InChI is InChI=1S/C19H24FN3O3/c1-4-6-13(5-2)21-18(24)12-23-19(25)10-9-17(22-23)15-8-7-14(26-3)11-16(15)20/h7-11,13H,4-6,12H2,1-3H3,(H,21,24). The van der Waals surface area contributed by atoms with Crippen LogP contribution in [0.3, 0.4) is 0 Å². The second-order valence-electron chi connectivity index (χ2n) is 6.02. The number of halogens is 1. The van der Waals surface area contributed by atoms with Gasteiger partial charge in [-0.3, -0.25) is 9.59 Å². The summed E-state index contributed by atoms with van der Waals surface area (Å²) in [6.07, 6.45) is 2.66. The van der Waals surface area contributed by atoms with Crippen molar-refractivity contribution in [2.45, 2.75) is 45.7 Å². The molecule has 140 valence electrons. The summed E-state index contributed by atoms with van der Waals surface area (Å²) in [4.78, 5) is 24.2. The maximum absolute atomic E-state index is 14.2. The van der Waals surface area contributed by atoms with Crippen LogP contribution in [0.5, 0.6) is 5.75 Å². The first-order valence-electron chi connectivity index (χ1n) is 8.69. The van der Waals surface area contributed by atoms with Crippen molar-refractivity contribution in [1.29, 1.82) is 0 Å².